The highest BCUT2D eigenvalue weighted by molar-refractivity contribution is 4.88. The molecule has 0 bridgehead atoms. The Balaban J connectivity index is 1.28. The van der Waals surface area contributed by atoms with E-state index < -0.39 is 0 Å². The summed E-state index contributed by atoms with van der Waals surface area (Å²) in [5.74, 6) is 0. The third-order valence-electron chi connectivity index (χ3n) is 3.66. The van der Waals surface area contributed by atoms with Crippen LogP contribution in [-0.4, -0.2) is 99.8 Å². The standard InChI is InChI=1S/C16H30N4O3/c1-17-3-5-19(15-17)7-9-21-11-13-23-14-12-22-10-8-20-6-4-18(2)16-20/h3-6H,7-16H2,1-2H3. The minimum atomic E-state index is 0.624. The van der Waals surface area contributed by atoms with Crippen LogP contribution in [0.1, 0.15) is 0 Å². The summed E-state index contributed by atoms with van der Waals surface area (Å²) < 4.78 is 16.6. The van der Waals surface area contributed by atoms with Crippen LogP contribution in [0.5, 0.6) is 0 Å². The first kappa shape index (κ1) is 17.9. The van der Waals surface area contributed by atoms with E-state index in [4.69, 9.17) is 14.2 Å². The van der Waals surface area contributed by atoms with Gasteiger partial charge in [-0.3, -0.25) is 0 Å². The quantitative estimate of drug-likeness (QED) is 0.481. The van der Waals surface area contributed by atoms with E-state index in [1.807, 2.05) is 0 Å². The highest BCUT2D eigenvalue weighted by atomic mass is 16.5. The van der Waals surface area contributed by atoms with Gasteiger partial charge in [-0.05, 0) is 0 Å². The maximum Gasteiger partial charge on any atom is 0.0891 e. The van der Waals surface area contributed by atoms with E-state index in [0.717, 1.165) is 39.6 Å². The van der Waals surface area contributed by atoms with Crippen molar-refractivity contribution in [2.45, 2.75) is 0 Å². The van der Waals surface area contributed by atoms with Gasteiger partial charge in [0.05, 0.1) is 53.0 Å². The molecule has 0 amide bonds. The summed E-state index contributed by atoms with van der Waals surface area (Å²) in [6.45, 7) is 7.72. The minimum absolute atomic E-state index is 0.624. The van der Waals surface area contributed by atoms with E-state index >= 15 is 0 Å². The van der Waals surface area contributed by atoms with Crippen molar-refractivity contribution in [3.63, 3.8) is 0 Å². The van der Waals surface area contributed by atoms with Gasteiger partial charge in [0.2, 0.25) is 0 Å². The first-order chi connectivity index (χ1) is 11.2. The van der Waals surface area contributed by atoms with Gasteiger partial charge >= 0.3 is 0 Å². The van der Waals surface area contributed by atoms with Gasteiger partial charge in [0, 0.05) is 52.0 Å². The molecular weight excluding hydrogens is 296 g/mol. The highest BCUT2D eigenvalue weighted by Crippen LogP contribution is 2.03. The lowest BCUT2D eigenvalue weighted by Crippen LogP contribution is -2.26. The molecule has 2 aliphatic rings. The van der Waals surface area contributed by atoms with Crippen molar-refractivity contribution in [2.75, 3.05) is 80.2 Å². The number of nitrogens with zero attached hydrogens (tertiary/aromatic N) is 4. The Morgan fingerprint density at radius 1 is 0.609 bits per heavy atom. The van der Waals surface area contributed by atoms with E-state index in [1.54, 1.807) is 0 Å². The van der Waals surface area contributed by atoms with Crippen molar-refractivity contribution in [3.05, 3.63) is 24.8 Å². The van der Waals surface area contributed by atoms with Crippen molar-refractivity contribution in [1.82, 2.24) is 19.6 Å². The molecule has 23 heavy (non-hydrogen) atoms. The van der Waals surface area contributed by atoms with Crippen LogP contribution < -0.4 is 0 Å². The van der Waals surface area contributed by atoms with E-state index in [1.165, 1.54) is 0 Å². The zero-order valence-corrected chi connectivity index (χ0v) is 14.4. The molecule has 2 aliphatic heterocycles. The van der Waals surface area contributed by atoms with Gasteiger partial charge < -0.3 is 33.8 Å². The Kier molecular flexibility index (Phi) is 8.06. The van der Waals surface area contributed by atoms with Gasteiger partial charge in [-0.25, -0.2) is 0 Å². The second-order valence-electron chi connectivity index (χ2n) is 5.85. The van der Waals surface area contributed by atoms with Crippen LogP contribution in [0.4, 0.5) is 0 Å². The lowest BCUT2D eigenvalue weighted by atomic mass is 10.6. The number of hydrogen-bond donors (Lipinski definition) is 0. The van der Waals surface area contributed by atoms with Crippen molar-refractivity contribution < 1.29 is 14.2 Å². The average Bonchev–Trinajstić information content (AvgIpc) is 3.13. The molecule has 0 atom stereocenters. The Bertz CT molecular complexity index is 344. The smallest absolute Gasteiger partial charge is 0.0891 e. The number of rotatable bonds is 12. The number of ether oxygens (including phenoxy) is 3. The van der Waals surface area contributed by atoms with E-state index in [-0.39, 0.29) is 0 Å². The third-order valence-corrected chi connectivity index (χ3v) is 3.66. The van der Waals surface area contributed by atoms with Crippen LogP contribution in [0.3, 0.4) is 0 Å². The second kappa shape index (κ2) is 10.4. The Labute approximate surface area is 139 Å². The summed E-state index contributed by atoms with van der Waals surface area (Å²) in [4.78, 5) is 8.73. The predicted octanol–water partition coefficient (Wildman–Crippen LogP) is 0.388. The topological polar surface area (TPSA) is 40.7 Å². The molecule has 2 rings (SSSR count). The summed E-state index contributed by atoms with van der Waals surface area (Å²) in [6.07, 6.45) is 8.32. The van der Waals surface area contributed by atoms with Crippen LogP contribution >= 0.6 is 0 Å². The molecule has 7 heteroatoms. The molecule has 0 aromatic rings. The molecule has 0 unspecified atom stereocenters. The maximum atomic E-state index is 5.56. The fraction of sp³-hybridized carbons (Fsp3) is 0.750. The Morgan fingerprint density at radius 3 is 1.35 bits per heavy atom. The van der Waals surface area contributed by atoms with E-state index in [9.17, 15) is 0 Å². The summed E-state index contributed by atoms with van der Waals surface area (Å²) in [5, 5.41) is 0. The highest BCUT2D eigenvalue weighted by Gasteiger charge is 2.08. The molecular formula is C16H30N4O3. The van der Waals surface area contributed by atoms with Crippen LogP contribution in [0.15, 0.2) is 24.8 Å². The van der Waals surface area contributed by atoms with Crippen LogP contribution in [0, 0.1) is 0 Å². The molecule has 132 valence electrons. The van der Waals surface area contributed by atoms with Gasteiger partial charge in [0.1, 0.15) is 0 Å². The Morgan fingerprint density at radius 2 is 1.00 bits per heavy atom. The molecule has 0 aliphatic carbocycles. The second-order valence-corrected chi connectivity index (χ2v) is 5.85. The summed E-state index contributed by atoms with van der Waals surface area (Å²) in [6, 6.07) is 0. The van der Waals surface area contributed by atoms with Gasteiger partial charge in [0.15, 0.2) is 0 Å². The fourth-order valence-corrected chi connectivity index (χ4v) is 2.37. The lowest BCUT2D eigenvalue weighted by molar-refractivity contribution is 0.00949. The third kappa shape index (κ3) is 7.58. The van der Waals surface area contributed by atoms with Gasteiger partial charge in [-0.1, -0.05) is 0 Å². The van der Waals surface area contributed by atoms with Gasteiger partial charge in [-0.15, -0.1) is 0 Å². The van der Waals surface area contributed by atoms with E-state index in [0.29, 0.717) is 26.4 Å². The zero-order valence-electron chi connectivity index (χ0n) is 14.4. The molecule has 2 heterocycles. The van der Waals surface area contributed by atoms with Crippen LogP contribution in [-0.2, 0) is 14.2 Å². The zero-order chi connectivity index (χ0) is 16.3. The molecule has 7 nitrogen and oxygen atoms in total. The molecule has 0 aromatic heterocycles. The van der Waals surface area contributed by atoms with E-state index in [2.05, 4.69) is 58.5 Å². The predicted molar refractivity (Wildman–Crippen MR) is 89.4 cm³/mol. The number of hydrogen-bond acceptors (Lipinski definition) is 7. The molecule has 0 radical (unpaired) electrons. The molecule has 0 saturated heterocycles. The molecule has 0 spiro atoms. The maximum absolute atomic E-state index is 5.56. The summed E-state index contributed by atoms with van der Waals surface area (Å²) in [5.41, 5.74) is 0. The first-order valence-corrected chi connectivity index (χ1v) is 8.22. The lowest BCUT2D eigenvalue weighted by Gasteiger charge is -2.18. The van der Waals surface area contributed by atoms with Gasteiger partial charge in [0.25, 0.3) is 0 Å². The molecule has 0 saturated carbocycles. The van der Waals surface area contributed by atoms with Crippen LogP contribution in [0.25, 0.3) is 0 Å². The Hall–Kier alpha value is -1.44. The SMILES string of the molecule is CN1C=CN(CCOCCOCCOCCN2C=CN(C)C2)C1. The minimum Gasteiger partial charge on any atom is -0.377 e. The van der Waals surface area contributed by atoms with Gasteiger partial charge in [-0.2, -0.15) is 0 Å². The van der Waals surface area contributed by atoms with Crippen molar-refractivity contribution in [1.29, 1.82) is 0 Å². The fourth-order valence-electron chi connectivity index (χ4n) is 2.37. The molecule has 0 aromatic carbocycles. The van der Waals surface area contributed by atoms with Crippen LogP contribution in [0.2, 0.25) is 0 Å². The first-order valence-electron chi connectivity index (χ1n) is 8.22. The molecule has 0 N–H and O–H groups in total. The summed E-state index contributed by atoms with van der Waals surface area (Å²) in [7, 11) is 4.13. The normalized spacial score (nSPS) is 17.1. The largest absolute Gasteiger partial charge is 0.377 e. The van der Waals surface area contributed by atoms with Crippen molar-refractivity contribution >= 4 is 0 Å². The van der Waals surface area contributed by atoms with Crippen molar-refractivity contribution in [3.8, 4) is 0 Å². The monoisotopic (exact) mass is 326 g/mol. The average molecular weight is 326 g/mol. The molecule has 0 fully saturated rings. The summed E-state index contributed by atoms with van der Waals surface area (Å²) >= 11 is 0. The van der Waals surface area contributed by atoms with Crippen molar-refractivity contribution in [2.24, 2.45) is 0 Å².